The molecule has 0 aliphatic carbocycles. The van der Waals surface area contributed by atoms with Crippen LogP contribution >= 0.6 is 0 Å². The van der Waals surface area contributed by atoms with Crippen molar-refractivity contribution in [2.24, 2.45) is 0 Å². The third-order valence-corrected chi connectivity index (χ3v) is 4.66. The van der Waals surface area contributed by atoms with E-state index in [0.29, 0.717) is 18.7 Å². The average molecular weight is 339 g/mol. The van der Waals surface area contributed by atoms with E-state index in [0.717, 1.165) is 22.3 Å². The van der Waals surface area contributed by atoms with E-state index < -0.39 is 0 Å². The Labute approximate surface area is 148 Å². The minimum atomic E-state index is -0.323. The maximum Gasteiger partial charge on any atom is 0.238 e. The van der Waals surface area contributed by atoms with E-state index >= 15 is 0 Å². The van der Waals surface area contributed by atoms with E-state index in [1.807, 2.05) is 57.2 Å². The zero-order valence-corrected chi connectivity index (χ0v) is 14.9. The van der Waals surface area contributed by atoms with Crippen molar-refractivity contribution in [2.45, 2.75) is 45.8 Å². The van der Waals surface area contributed by atoms with Crippen molar-refractivity contribution in [3.8, 4) is 5.75 Å². The second kappa shape index (κ2) is 7.25. The molecule has 2 aromatic rings. The number of phenols is 1. The van der Waals surface area contributed by atoms with Gasteiger partial charge in [-0.1, -0.05) is 47.5 Å². The zero-order chi connectivity index (χ0) is 18.0. The fourth-order valence-electron chi connectivity index (χ4n) is 3.21. The molecule has 0 saturated carbocycles. The van der Waals surface area contributed by atoms with Crippen molar-refractivity contribution in [3.05, 3.63) is 64.2 Å². The smallest absolute Gasteiger partial charge is 0.238 e. The van der Waals surface area contributed by atoms with E-state index in [4.69, 9.17) is 0 Å². The molecule has 5 heteroatoms. The first-order chi connectivity index (χ1) is 11.9. The number of aryl methyl sites for hydroxylation is 3. The second-order valence-corrected chi connectivity index (χ2v) is 6.85. The first kappa shape index (κ1) is 17.5. The first-order valence-corrected chi connectivity index (χ1v) is 8.58. The Bertz CT molecular complexity index is 771. The number of rotatable bonds is 4. The summed E-state index contributed by atoms with van der Waals surface area (Å²) in [6.07, 6.45) is 0.593. The Hall–Kier alpha value is -2.37. The van der Waals surface area contributed by atoms with Crippen molar-refractivity contribution in [1.82, 2.24) is 16.2 Å². The summed E-state index contributed by atoms with van der Waals surface area (Å²) in [4.78, 5) is 12.4. The summed E-state index contributed by atoms with van der Waals surface area (Å²) in [5.74, 6) is 0.255. The number of carbonyl (C=O) groups is 1. The summed E-state index contributed by atoms with van der Waals surface area (Å²) >= 11 is 0. The highest BCUT2D eigenvalue weighted by atomic mass is 16.3. The summed E-state index contributed by atoms with van der Waals surface area (Å²) in [5, 5.41) is 13.3. The average Bonchev–Trinajstić information content (AvgIpc) is 3.07. The molecule has 0 radical (unpaired) electrons. The summed E-state index contributed by atoms with van der Waals surface area (Å²) < 4.78 is 0. The highest BCUT2D eigenvalue weighted by molar-refractivity contribution is 5.82. The fourth-order valence-corrected chi connectivity index (χ4v) is 3.21. The van der Waals surface area contributed by atoms with Crippen molar-refractivity contribution in [1.29, 1.82) is 0 Å². The van der Waals surface area contributed by atoms with Crippen LogP contribution in [0.2, 0.25) is 0 Å². The number of hydrogen-bond donors (Lipinski definition) is 4. The maximum atomic E-state index is 12.4. The molecule has 1 fully saturated rings. The largest absolute Gasteiger partial charge is 0.507 e. The quantitative estimate of drug-likeness (QED) is 0.691. The lowest BCUT2D eigenvalue weighted by molar-refractivity contribution is -0.123. The second-order valence-electron chi connectivity index (χ2n) is 6.85. The SMILES string of the molecule is Cc1ccc(CNC(=O)C2CC(c3cc(C)cc(C)c3O)NN2)cc1. The normalized spacial score (nSPS) is 19.8. The van der Waals surface area contributed by atoms with Crippen LogP contribution in [0.3, 0.4) is 0 Å². The molecule has 2 unspecified atom stereocenters. The van der Waals surface area contributed by atoms with E-state index in [-0.39, 0.29) is 18.0 Å². The highest BCUT2D eigenvalue weighted by Gasteiger charge is 2.31. The van der Waals surface area contributed by atoms with Crippen LogP contribution in [0.15, 0.2) is 36.4 Å². The van der Waals surface area contributed by atoms with Crippen LogP contribution in [0.25, 0.3) is 0 Å². The number of nitrogens with one attached hydrogen (secondary N) is 3. The molecule has 2 atom stereocenters. The highest BCUT2D eigenvalue weighted by Crippen LogP contribution is 2.33. The Morgan fingerprint density at radius 3 is 2.56 bits per heavy atom. The molecule has 1 amide bonds. The van der Waals surface area contributed by atoms with Gasteiger partial charge >= 0.3 is 0 Å². The van der Waals surface area contributed by atoms with Gasteiger partial charge in [-0.05, 0) is 38.3 Å². The van der Waals surface area contributed by atoms with Crippen molar-refractivity contribution < 1.29 is 9.90 Å². The monoisotopic (exact) mass is 339 g/mol. The molecule has 1 aliphatic rings. The van der Waals surface area contributed by atoms with E-state index in [2.05, 4.69) is 16.2 Å². The van der Waals surface area contributed by atoms with Crippen LogP contribution < -0.4 is 16.2 Å². The van der Waals surface area contributed by atoms with Crippen LogP contribution in [0.5, 0.6) is 5.75 Å². The number of hydrazine groups is 1. The maximum absolute atomic E-state index is 12.4. The van der Waals surface area contributed by atoms with Gasteiger partial charge in [-0.25, -0.2) is 10.9 Å². The molecular weight excluding hydrogens is 314 g/mol. The molecule has 25 heavy (non-hydrogen) atoms. The van der Waals surface area contributed by atoms with Gasteiger partial charge in [-0.15, -0.1) is 0 Å². The predicted octanol–water partition coefficient (Wildman–Crippen LogP) is 2.54. The van der Waals surface area contributed by atoms with Gasteiger partial charge in [-0.2, -0.15) is 0 Å². The standard InChI is InChI=1S/C20H25N3O2/c1-12-4-6-15(7-5-12)11-21-20(25)18-10-17(22-23-18)16-9-13(2)8-14(3)19(16)24/h4-9,17-18,22-24H,10-11H2,1-3H3,(H,21,25). The molecule has 1 aliphatic heterocycles. The Morgan fingerprint density at radius 2 is 1.84 bits per heavy atom. The minimum absolute atomic E-state index is 0.0422. The number of carbonyl (C=O) groups excluding carboxylic acids is 1. The summed E-state index contributed by atoms with van der Waals surface area (Å²) in [7, 11) is 0. The fraction of sp³-hybridized carbons (Fsp3) is 0.350. The van der Waals surface area contributed by atoms with Gasteiger partial charge in [-0.3, -0.25) is 4.79 Å². The summed E-state index contributed by atoms with van der Waals surface area (Å²) in [6.45, 7) is 6.44. The van der Waals surface area contributed by atoms with E-state index in [9.17, 15) is 9.90 Å². The number of aromatic hydroxyl groups is 1. The van der Waals surface area contributed by atoms with Crippen molar-refractivity contribution >= 4 is 5.91 Å². The molecule has 3 rings (SSSR count). The molecular formula is C20H25N3O2. The van der Waals surface area contributed by atoms with Crippen LogP contribution in [0.4, 0.5) is 0 Å². The van der Waals surface area contributed by atoms with Gasteiger partial charge < -0.3 is 10.4 Å². The summed E-state index contributed by atoms with van der Waals surface area (Å²) in [5.41, 5.74) is 11.2. The van der Waals surface area contributed by atoms with Gasteiger partial charge in [0.1, 0.15) is 11.8 Å². The zero-order valence-electron chi connectivity index (χ0n) is 14.9. The number of amides is 1. The Morgan fingerprint density at radius 1 is 1.12 bits per heavy atom. The van der Waals surface area contributed by atoms with Crippen molar-refractivity contribution in [2.75, 3.05) is 0 Å². The van der Waals surface area contributed by atoms with Gasteiger partial charge in [0.05, 0.1) is 6.04 Å². The minimum Gasteiger partial charge on any atom is -0.507 e. The van der Waals surface area contributed by atoms with Gasteiger partial charge in [0.2, 0.25) is 5.91 Å². The van der Waals surface area contributed by atoms with Crippen LogP contribution in [-0.4, -0.2) is 17.1 Å². The molecule has 1 heterocycles. The Balaban J connectivity index is 1.60. The molecule has 0 aromatic heterocycles. The predicted molar refractivity (Wildman–Crippen MR) is 98.0 cm³/mol. The van der Waals surface area contributed by atoms with Crippen molar-refractivity contribution in [3.63, 3.8) is 0 Å². The Kier molecular flexibility index (Phi) is 5.06. The van der Waals surface area contributed by atoms with E-state index in [1.165, 1.54) is 5.56 Å². The molecule has 1 saturated heterocycles. The number of hydrogen-bond acceptors (Lipinski definition) is 4. The molecule has 0 bridgehead atoms. The van der Waals surface area contributed by atoms with Gasteiger partial charge in [0, 0.05) is 12.1 Å². The topological polar surface area (TPSA) is 73.4 Å². The molecule has 0 spiro atoms. The summed E-state index contributed by atoms with van der Waals surface area (Å²) in [6, 6.07) is 11.6. The van der Waals surface area contributed by atoms with Gasteiger partial charge in [0.25, 0.3) is 0 Å². The lowest BCUT2D eigenvalue weighted by Gasteiger charge is -2.14. The third-order valence-electron chi connectivity index (χ3n) is 4.66. The number of phenolic OH excluding ortho intramolecular Hbond substituents is 1. The molecule has 132 valence electrons. The molecule has 2 aromatic carbocycles. The lowest BCUT2D eigenvalue weighted by Crippen LogP contribution is -2.42. The lowest BCUT2D eigenvalue weighted by atomic mass is 9.96. The van der Waals surface area contributed by atoms with Crippen LogP contribution in [0, 0.1) is 20.8 Å². The third kappa shape index (κ3) is 4.00. The van der Waals surface area contributed by atoms with E-state index in [1.54, 1.807) is 0 Å². The molecule has 5 nitrogen and oxygen atoms in total. The number of benzene rings is 2. The van der Waals surface area contributed by atoms with Gasteiger partial charge in [0.15, 0.2) is 0 Å². The van der Waals surface area contributed by atoms with Crippen LogP contribution in [-0.2, 0) is 11.3 Å². The molecule has 4 N–H and O–H groups in total. The van der Waals surface area contributed by atoms with Crippen LogP contribution in [0.1, 0.15) is 40.3 Å². The first-order valence-electron chi connectivity index (χ1n) is 8.58.